The summed E-state index contributed by atoms with van der Waals surface area (Å²) in [5.41, 5.74) is 1.40. The van der Waals surface area contributed by atoms with Crippen LogP contribution in [0.3, 0.4) is 0 Å². The van der Waals surface area contributed by atoms with Gasteiger partial charge in [0.15, 0.2) is 0 Å². The topological polar surface area (TPSA) is 24.9 Å². The first-order chi connectivity index (χ1) is 8.40. The van der Waals surface area contributed by atoms with Crippen molar-refractivity contribution in [2.75, 3.05) is 5.75 Å². The lowest BCUT2D eigenvalue weighted by molar-refractivity contribution is 0.424. The van der Waals surface area contributed by atoms with E-state index in [0.29, 0.717) is 0 Å². The van der Waals surface area contributed by atoms with E-state index in [1.165, 1.54) is 12.0 Å². The van der Waals surface area contributed by atoms with Gasteiger partial charge in [-0.1, -0.05) is 26.3 Å². The molecule has 0 saturated carbocycles. The molecule has 0 aliphatic heterocycles. The van der Waals surface area contributed by atoms with Crippen LogP contribution >= 0.6 is 11.8 Å². The Morgan fingerprint density at radius 3 is 2.56 bits per heavy atom. The first-order valence-corrected chi connectivity index (χ1v) is 7.72. The van der Waals surface area contributed by atoms with Gasteiger partial charge < -0.3 is 5.32 Å². The van der Waals surface area contributed by atoms with Crippen LogP contribution in [0.2, 0.25) is 0 Å². The molecule has 1 atom stereocenters. The largest absolute Gasteiger partial charge is 0.308 e. The van der Waals surface area contributed by atoms with Gasteiger partial charge in [0.05, 0.1) is 5.03 Å². The highest BCUT2D eigenvalue weighted by Crippen LogP contribution is 2.20. The molecule has 0 bridgehead atoms. The monoisotopic (exact) mass is 266 g/mol. The van der Waals surface area contributed by atoms with Crippen LogP contribution in [0.5, 0.6) is 0 Å². The van der Waals surface area contributed by atoms with Crippen molar-refractivity contribution in [2.45, 2.75) is 58.1 Å². The molecule has 0 saturated heterocycles. The normalized spacial score (nSPS) is 13.6. The van der Waals surface area contributed by atoms with Crippen molar-refractivity contribution in [3.63, 3.8) is 0 Å². The number of aromatic nitrogens is 1. The van der Waals surface area contributed by atoms with Gasteiger partial charge in [0.2, 0.25) is 0 Å². The number of thioether (sulfide) groups is 1. The molecule has 0 aromatic carbocycles. The second-order valence-electron chi connectivity index (χ2n) is 5.93. The lowest BCUT2D eigenvalue weighted by atomic mass is 10.1. The fraction of sp³-hybridized carbons (Fsp3) is 0.667. The van der Waals surface area contributed by atoms with Crippen LogP contribution in [0, 0.1) is 5.92 Å². The van der Waals surface area contributed by atoms with Crippen molar-refractivity contribution in [3.05, 3.63) is 23.9 Å². The molecule has 0 spiro atoms. The minimum Gasteiger partial charge on any atom is -0.308 e. The number of hydrogen-bond donors (Lipinski definition) is 1. The standard InChI is InChI=1S/C15H26N2S/c1-6-12(2)11-18-14-8-7-13(9-16-14)10-17-15(3,4)5/h7-9,12,17H,6,10-11H2,1-5H3. The zero-order chi connectivity index (χ0) is 13.6. The van der Waals surface area contributed by atoms with E-state index in [0.717, 1.165) is 23.2 Å². The third kappa shape index (κ3) is 6.41. The summed E-state index contributed by atoms with van der Waals surface area (Å²) in [5.74, 6) is 1.92. The molecule has 18 heavy (non-hydrogen) atoms. The van der Waals surface area contributed by atoms with Crippen LogP contribution in [0.15, 0.2) is 23.4 Å². The molecular formula is C15H26N2S. The van der Waals surface area contributed by atoms with E-state index in [2.05, 4.69) is 57.1 Å². The molecule has 0 aliphatic rings. The number of pyridine rings is 1. The van der Waals surface area contributed by atoms with Gasteiger partial charge in [-0.15, -0.1) is 11.8 Å². The summed E-state index contributed by atoms with van der Waals surface area (Å²) in [6, 6.07) is 4.30. The van der Waals surface area contributed by atoms with Crippen molar-refractivity contribution >= 4 is 11.8 Å². The number of rotatable bonds is 6. The van der Waals surface area contributed by atoms with Crippen LogP contribution in [0.1, 0.15) is 46.6 Å². The van der Waals surface area contributed by atoms with Gasteiger partial charge in [-0.3, -0.25) is 0 Å². The molecule has 1 aromatic heterocycles. The van der Waals surface area contributed by atoms with Crippen LogP contribution in [-0.2, 0) is 6.54 Å². The number of nitrogens with one attached hydrogen (secondary N) is 1. The summed E-state index contributed by atoms with van der Waals surface area (Å²) in [6.45, 7) is 11.9. The van der Waals surface area contributed by atoms with Crippen molar-refractivity contribution < 1.29 is 0 Å². The third-order valence-electron chi connectivity index (χ3n) is 2.83. The Labute approximate surface area is 116 Å². The third-order valence-corrected chi connectivity index (χ3v) is 4.11. The molecule has 0 aliphatic carbocycles. The van der Waals surface area contributed by atoms with Crippen LogP contribution in [0.4, 0.5) is 0 Å². The quantitative estimate of drug-likeness (QED) is 0.784. The van der Waals surface area contributed by atoms with Crippen molar-refractivity contribution in [1.29, 1.82) is 0 Å². The summed E-state index contributed by atoms with van der Waals surface area (Å²) in [4.78, 5) is 4.51. The second kappa shape index (κ2) is 7.15. The van der Waals surface area contributed by atoms with Gasteiger partial charge in [0.1, 0.15) is 0 Å². The van der Waals surface area contributed by atoms with Crippen LogP contribution in [0.25, 0.3) is 0 Å². The Hall–Kier alpha value is -0.540. The Morgan fingerprint density at radius 2 is 2.06 bits per heavy atom. The van der Waals surface area contributed by atoms with Crippen molar-refractivity contribution in [1.82, 2.24) is 10.3 Å². The fourth-order valence-electron chi connectivity index (χ4n) is 1.31. The van der Waals surface area contributed by atoms with E-state index in [-0.39, 0.29) is 5.54 Å². The first kappa shape index (κ1) is 15.5. The van der Waals surface area contributed by atoms with Gasteiger partial charge in [-0.25, -0.2) is 4.98 Å². The number of nitrogens with zero attached hydrogens (tertiary/aromatic N) is 1. The zero-order valence-electron chi connectivity index (χ0n) is 12.3. The van der Waals surface area contributed by atoms with Crippen molar-refractivity contribution in [3.8, 4) is 0 Å². The predicted molar refractivity (Wildman–Crippen MR) is 81.0 cm³/mol. The van der Waals surface area contributed by atoms with Crippen molar-refractivity contribution in [2.24, 2.45) is 5.92 Å². The van der Waals surface area contributed by atoms with Crippen LogP contribution in [-0.4, -0.2) is 16.3 Å². The molecule has 3 heteroatoms. The van der Waals surface area contributed by atoms with Crippen LogP contribution < -0.4 is 5.32 Å². The van der Waals surface area contributed by atoms with E-state index in [1.54, 1.807) is 0 Å². The van der Waals surface area contributed by atoms with Gasteiger partial charge >= 0.3 is 0 Å². The maximum atomic E-state index is 4.51. The minimum absolute atomic E-state index is 0.157. The lowest BCUT2D eigenvalue weighted by Crippen LogP contribution is -2.35. The molecule has 102 valence electrons. The maximum absolute atomic E-state index is 4.51. The Morgan fingerprint density at radius 1 is 1.33 bits per heavy atom. The summed E-state index contributed by atoms with van der Waals surface area (Å²) in [6.07, 6.45) is 3.22. The molecule has 0 amide bonds. The van der Waals surface area contributed by atoms with Gasteiger partial charge in [0.25, 0.3) is 0 Å². The van der Waals surface area contributed by atoms with Gasteiger partial charge in [-0.05, 0) is 38.3 Å². The van der Waals surface area contributed by atoms with E-state index < -0.39 is 0 Å². The highest BCUT2D eigenvalue weighted by molar-refractivity contribution is 7.99. The molecule has 1 N–H and O–H groups in total. The molecule has 0 radical (unpaired) electrons. The van der Waals surface area contributed by atoms with E-state index in [1.807, 2.05) is 18.0 Å². The second-order valence-corrected chi connectivity index (χ2v) is 6.97. The summed E-state index contributed by atoms with van der Waals surface area (Å²) in [7, 11) is 0. The summed E-state index contributed by atoms with van der Waals surface area (Å²) in [5, 5.41) is 4.60. The fourth-order valence-corrected chi connectivity index (χ4v) is 2.30. The van der Waals surface area contributed by atoms with E-state index >= 15 is 0 Å². The minimum atomic E-state index is 0.157. The van der Waals surface area contributed by atoms with E-state index in [4.69, 9.17) is 0 Å². The van der Waals surface area contributed by atoms with Gasteiger partial charge in [0, 0.05) is 24.0 Å². The lowest BCUT2D eigenvalue weighted by Gasteiger charge is -2.20. The SMILES string of the molecule is CCC(C)CSc1ccc(CNC(C)(C)C)cn1. The molecule has 2 nitrogen and oxygen atoms in total. The predicted octanol–water partition coefficient (Wildman–Crippen LogP) is 4.11. The maximum Gasteiger partial charge on any atom is 0.0960 e. The Kier molecular flexibility index (Phi) is 6.16. The smallest absolute Gasteiger partial charge is 0.0960 e. The molecule has 1 rings (SSSR count). The van der Waals surface area contributed by atoms with E-state index in [9.17, 15) is 0 Å². The number of hydrogen-bond acceptors (Lipinski definition) is 3. The summed E-state index contributed by atoms with van der Waals surface area (Å²) < 4.78 is 0. The van der Waals surface area contributed by atoms with Gasteiger partial charge in [-0.2, -0.15) is 0 Å². The average Bonchev–Trinajstić information content (AvgIpc) is 2.33. The summed E-state index contributed by atoms with van der Waals surface area (Å²) >= 11 is 1.85. The molecule has 0 fully saturated rings. The first-order valence-electron chi connectivity index (χ1n) is 6.73. The molecule has 1 unspecified atom stereocenters. The molecular weight excluding hydrogens is 240 g/mol. The molecule has 1 aromatic rings. The highest BCUT2D eigenvalue weighted by Gasteiger charge is 2.08. The molecule has 1 heterocycles. The average molecular weight is 266 g/mol. The Bertz CT molecular complexity index is 341. The highest BCUT2D eigenvalue weighted by atomic mass is 32.2. The zero-order valence-corrected chi connectivity index (χ0v) is 13.1. The Balaban J connectivity index is 2.42.